The van der Waals surface area contributed by atoms with Crippen molar-refractivity contribution in [3.63, 3.8) is 0 Å². The van der Waals surface area contributed by atoms with E-state index in [1.807, 2.05) is 25.1 Å². The molecule has 0 saturated carbocycles. The summed E-state index contributed by atoms with van der Waals surface area (Å²) >= 11 is 11.9. The molecule has 3 N–H and O–H groups in total. The van der Waals surface area contributed by atoms with E-state index < -0.39 is 0 Å². The van der Waals surface area contributed by atoms with E-state index in [1.54, 1.807) is 24.3 Å². The van der Waals surface area contributed by atoms with Crippen LogP contribution in [0, 0.1) is 0 Å². The number of nitrogens with two attached hydrogens (primary N) is 1. The van der Waals surface area contributed by atoms with E-state index in [-0.39, 0.29) is 11.9 Å². The molecule has 1 amide bonds. The van der Waals surface area contributed by atoms with Crippen LogP contribution in [-0.2, 0) is 0 Å². The van der Waals surface area contributed by atoms with Gasteiger partial charge in [-0.2, -0.15) is 0 Å². The highest BCUT2D eigenvalue weighted by Crippen LogP contribution is 2.22. The summed E-state index contributed by atoms with van der Waals surface area (Å²) in [6.07, 6.45) is 0. The number of benzene rings is 2. The predicted molar refractivity (Wildman–Crippen MR) is 83.2 cm³/mol. The minimum absolute atomic E-state index is 0.180. The van der Waals surface area contributed by atoms with Crippen LogP contribution in [0.25, 0.3) is 0 Å². The molecule has 2 aromatic rings. The Hall–Kier alpha value is -1.71. The first-order valence-electron chi connectivity index (χ1n) is 6.08. The lowest BCUT2D eigenvalue weighted by atomic mass is 10.1. The molecule has 2 rings (SSSR count). The van der Waals surface area contributed by atoms with Crippen LogP contribution in [0.1, 0.15) is 28.9 Å². The Balaban J connectivity index is 2.17. The van der Waals surface area contributed by atoms with Crippen molar-refractivity contribution in [2.75, 3.05) is 5.73 Å². The van der Waals surface area contributed by atoms with Crippen LogP contribution in [0.2, 0.25) is 10.0 Å². The molecule has 5 heteroatoms. The topological polar surface area (TPSA) is 55.1 Å². The van der Waals surface area contributed by atoms with Gasteiger partial charge in [-0.15, -0.1) is 0 Å². The van der Waals surface area contributed by atoms with Crippen molar-refractivity contribution in [2.45, 2.75) is 13.0 Å². The lowest BCUT2D eigenvalue weighted by Crippen LogP contribution is -2.27. The van der Waals surface area contributed by atoms with Crippen molar-refractivity contribution < 1.29 is 4.79 Å². The Labute approximate surface area is 127 Å². The highest BCUT2D eigenvalue weighted by Gasteiger charge is 2.14. The molecule has 1 unspecified atom stereocenters. The van der Waals surface area contributed by atoms with Crippen molar-refractivity contribution in [1.29, 1.82) is 0 Å². The smallest absolute Gasteiger partial charge is 0.253 e. The van der Waals surface area contributed by atoms with Crippen molar-refractivity contribution >= 4 is 34.8 Å². The average Bonchev–Trinajstić information content (AvgIpc) is 2.41. The molecule has 0 spiro atoms. The molecule has 104 valence electrons. The Kier molecular flexibility index (Phi) is 4.53. The number of nitrogens with one attached hydrogen (secondary N) is 1. The highest BCUT2D eigenvalue weighted by atomic mass is 35.5. The first-order chi connectivity index (χ1) is 9.47. The third-order valence-corrected chi connectivity index (χ3v) is 3.50. The van der Waals surface area contributed by atoms with Crippen LogP contribution < -0.4 is 11.1 Å². The summed E-state index contributed by atoms with van der Waals surface area (Å²) < 4.78 is 0. The summed E-state index contributed by atoms with van der Waals surface area (Å²) in [7, 11) is 0. The van der Waals surface area contributed by atoms with Gasteiger partial charge in [0.15, 0.2) is 0 Å². The Morgan fingerprint density at radius 2 is 1.95 bits per heavy atom. The molecule has 1 atom stereocenters. The van der Waals surface area contributed by atoms with E-state index in [2.05, 4.69) is 5.32 Å². The molecule has 0 aliphatic carbocycles. The molecule has 3 nitrogen and oxygen atoms in total. The summed E-state index contributed by atoms with van der Waals surface area (Å²) in [5.41, 5.74) is 7.67. The van der Waals surface area contributed by atoms with Crippen LogP contribution >= 0.6 is 23.2 Å². The summed E-state index contributed by atoms with van der Waals surface area (Å²) in [4.78, 5) is 12.2. The maximum Gasteiger partial charge on any atom is 0.253 e. The summed E-state index contributed by atoms with van der Waals surface area (Å²) in [5.74, 6) is -0.271. The molecular weight excluding hydrogens is 295 g/mol. The minimum atomic E-state index is -0.271. The quantitative estimate of drug-likeness (QED) is 0.840. The van der Waals surface area contributed by atoms with Crippen LogP contribution in [0.4, 0.5) is 5.69 Å². The fourth-order valence-electron chi connectivity index (χ4n) is 1.86. The molecule has 0 fully saturated rings. The zero-order valence-electron chi connectivity index (χ0n) is 10.9. The number of hydrogen-bond acceptors (Lipinski definition) is 2. The fourth-order valence-corrected chi connectivity index (χ4v) is 2.23. The summed E-state index contributed by atoms with van der Waals surface area (Å²) in [6.45, 7) is 1.88. The number of carbonyl (C=O) groups is 1. The van der Waals surface area contributed by atoms with Crippen LogP contribution in [0.3, 0.4) is 0 Å². The van der Waals surface area contributed by atoms with Gasteiger partial charge in [0, 0.05) is 10.7 Å². The second-order valence-electron chi connectivity index (χ2n) is 4.49. The Morgan fingerprint density at radius 1 is 1.20 bits per heavy atom. The van der Waals surface area contributed by atoms with Crippen LogP contribution in [0.15, 0.2) is 42.5 Å². The zero-order chi connectivity index (χ0) is 14.7. The molecule has 0 radical (unpaired) electrons. The van der Waals surface area contributed by atoms with Gasteiger partial charge in [0.2, 0.25) is 0 Å². The van der Waals surface area contributed by atoms with E-state index in [4.69, 9.17) is 28.9 Å². The highest BCUT2D eigenvalue weighted by molar-refractivity contribution is 6.35. The largest absolute Gasteiger partial charge is 0.399 e. The number of anilines is 1. The lowest BCUT2D eigenvalue weighted by molar-refractivity contribution is 0.0940. The average molecular weight is 309 g/mol. The van der Waals surface area contributed by atoms with Gasteiger partial charge in [-0.3, -0.25) is 4.79 Å². The van der Waals surface area contributed by atoms with Gasteiger partial charge in [0.05, 0.1) is 16.6 Å². The third-order valence-electron chi connectivity index (χ3n) is 2.93. The van der Waals surface area contributed by atoms with Gasteiger partial charge in [-0.1, -0.05) is 35.3 Å². The first kappa shape index (κ1) is 14.7. The summed E-state index contributed by atoms with van der Waals surface area (Å²) in [5, 5.41) is 3.71. The van der Waals surface area contributed by atoms with E-state index in [9.17, 15) is 4.79 Å². The minimum Gasteiger partial charge on any atom is -0.399 e. The first-order valence-corrected chi connectivity index (χ1v) is 6.84. The Morgan fingerprint density at radius 3 is 2.65 bits per heavy atom. The standard InChI is InChI=1S/C15H14Cl2N2O/c1-9(10-3-2-4-12(18)7-10)19-15(20)13-8-11(16)5-6-14(13)17/h2-9H,18H2,1H3,(H,19,20). The lowest BCUT2D eigenvalue weighted by Gasteiger charge is -2.15. The van der Waals surface area contributed by atoms with Crippen molar-refractivity contribution in [3.05, 3.63) is 63.6 Å². The van der Waals surface area contributed by atoms with Gasteiger partial charge in [0.25, 0.3) is 5.91 Å². The van der Waals surface area contributed by atoms with Gasteiger partial charge in [-0.25, -0.2) is 0 Å². The maximum absolute atomic E-state index is 12.2. The molecule has 0 aromatic heterocycles. The number of hydrogen-bond donors (Lipinski definition) is 2. The zero-order valence-corrected chi connectivity index (χ0v) is 12.4. The number of nitrogen functional groups attached to an aromatic ring is 1. The van der Waals surface area contributed by atoms with E-state index in [0.29, 0.717) is 21.3 Å². The van der Waals surface area contributed by atoms with Gasteiger partial charge >= 0.3 is 0 Å². The number of carbonyl (C=O) groups excluding carboxylic acids is 1. The Bertz CT molecular complexity index is 644. The molecule has 0 heterocycles. The SMILES string of the molecule is CC(NC(=O)c1cc(Cl)ccc1Cl)c1cccc(N)c1. The van der Waals surface area contributed by atoms with Gasteiger partial charge < -0.3 is 11.1 Å². The monoisotopic (exact) mass is 308 g/mol. The number of amides is 1. The van der Waals surface area contributed by atoms with E-state index >= 15 is 0 Å². The van der Waals surface area contributed by atoms with E-state index in [1.165, 1.54) is 0 Å². The summed E-state index contributed by atoms with van der Waals surface area (Å²) in [6, 6.07) is 12.0. The molecule has 0 aliphatic rings. The van der Waals surface area contributed by atoms with Gasteiger partial charge in [-0.05, 0) is 42.8 Å². The van der Waals surface area contributed by atoms with E-state index in [0.717, 1.165) is 5.56 Å². The second kappa shape index (κ2) is 6.16. The van der Waals surface area contributed by atoms with Crippen molar-refractivity contribution in [3.8, 4) is 0 Å². The normalized spacial score (nSPS) is 11.9. The van der Waals surface area contributed by atoms with Crippen molar-refractivity contribution in [2.24, 2.45) is 0 Å². The number of rotatable bonds is 3. The maximum atomic E-state index is 12.2. The molecular formula is C15H14Cl2N2O. The fraction of sp³-hybridized carbons (Fsp3) is 0.133. The van der Waals surface area contributed by atoms with Crippen LogP contribution in [0.5, 0.6) is 0 Å². The third kappa shape index (κ3) is 3.44. The van der Waals surface area contributed by atoms with Crippen molar-refractivity contribution in [1.82, 2.24) is 5.32 Å². The predicted octanol–water partition coefficient (Wildman–Crippen LogP) is 4.07. The molecule has 20 heavy (non-hydrogen) atoms. The molecule has 0 bridgehead atoms. The molecule has 2 aromatic carbocycles. The second-order valence-corrected chi connectivity index (χ2v) is 5.33. The van der Waals surface area contributed by atoms with Crippen LogP contribution in [-0.4, -0.2) is 5.91 Å². The van der Waals surface area contributed by atoms with Gasteiger partial charge in [0.1, 0.15) is 0 Å². The number of halogens is 2. The molecule has 0 aliphatic heterocycles. The molecule has 0 saturated heterocycles.